The molecule has 0 saturated carbocycles. The maximum absolute atomic E-state index is 13.0. The third-order valence-electron chi connectivity index (χ3n) is 4.27. The van der Waals surface area contributed by atoms with Crippen molar-refractivity contribution >= 4 is 17.8 Å². The largest absolute Gasteiger partial charge is 0.490 e. The van der Waals surface area contributed by atoms with Crippen LogP contribution in [0.2, 0.25) is 0 Å². The number of benzene rings is 3. The molecule has 1 N–H and O–H groups in total. The lowest BCUT2D eigenvalue weighted by molar-refractivity contribution is -0.384. The van der Waals surface area contributed by atoms with Crippen LogP contribution in [-0.2, 0) is 6.61 Å². The number of hydrazone groups is 1. The Morgan fingerprint density at radius 3 is 2.59 bits per heavy atom. The number of non-ortho nitro benzene ring substituents is 1. The fourth-order valence-corrected chi connectivity index (χ4v) is 2.72. The molecule has 0 heterocycles. The number of hydrogen-bond acceptors (Lipinski definition) is 6. The molecule has 0 fully saturated rings. The van der Waals surface area contributed by atoms with Crippen LogP contribution < -0.4 is 14.9 Å². The molecule has 3 aromatic rings. The van der Waals surface area contributed by atoms with Gasteiger partial charge in [0.25, 0.3) is 11.6 Å². The van der Waals surface area contributed by atoms with Crippen molar-refractivity contribution in [3.63, 3.8) is 0 Å². The zero-order valence-corrected chi connectivity index (χ0v) is 17.2. The van der Waals surface area contributed by atoms with Crippen molar-refractivity contribution in [2.75, 3.05) is 6.61 Å². The van der Waals surface area contributed by atoms with Gasteiger partial charge in [0.05, 0.1) is 17.7 Å². The van der Waals surface area contributed by atoms with Gasteiger partial charge in [0.1, 0.15) is 12.4 Å². The second-order valence-corrected chi connectivity index (χ2v) is 6.56. The molecule has 9 heteroatoms. The van der Waals surface area contributed by atoms with Crippen LogP contribution >= 0.6 is 0 Å². The summed E-state index contributed by atoms with van der Waals surface area (Å²) >= 11 is 0. The summed E-state index contributed by atoms with van der Waals surface area (Å²) in [5.41, 5.74) is 3.73. The number of nitro benzene ring substituents is 1. The van der Waals surface area contributed by atoms with Crippen molar-refractivity contribution in [1.29, 1.82) is 0 Å². The zero-order valence-electron chi connectivity index (χ0n) is 17.2. The summed E-state index contributed by atoms with van der Waals surface area (Å²) in [6.07, 6.45) is 1.42. The molecule has 3 aromatic carbocycles. The third kappa shape index (κ3) is 6.11. The summed E-state index contributed by atoms with van der Waals surface area (Å²) in [4.78, 5) is 22.4. The standard InChI is InChI=1S/C23H20FN3O5/c1-2-31-22-12-17(8-11-21(22)32-15-16-6-9-19(24)10-7-16)14-25-26-23(28)18-4-3-5-20(13-18)27(29)30/h3-14H,2,15H2,1H3,(H,26,28)/b25-14+. The van der Waals surface area contributed by atoms with Crippen LogP contribution in [0.4, 0.5) is 10.1 Å². The van der Waals surface area contributed by atoms with E-state index >= 15 is 0 Å². The molecule has 0 bridgehead atoms. The first kappa shape index (κ1) is 22.4. The minimum atomic E-state index is -0.575. The van der Waals surface area contributed by atoms with Crippen molar-refractivity contribution < 1.29 is 23.6 Å². The van der Waals surface area contributed by atoms with E-state index in [2.05, 4.69) is 10.5 Å². The predicted molar refractivity (Wildman–Crippen MR) is 116 cm³/mol. The van der Waals surface area contributed by atoms with Crippen molar-refractivity contribution in [3.05, 3.63) is 99.4 Å². The average molecular weight is 437 g/mol. The molecular weight excluding hydrogens is 417 g/mol. The number of carbonyl (C=O) groups excluding carboxylic acids is 1. The number of nitrogens with zero attached hydrogens (tertiary/aromatic N) is 2. The van der Waals surface area contributed by atoms with Crippen LogP contribution in [0.25, 0.3) is 0 Å². The Morgan fingerprint density at radius 1 is 1.09 bits per heavy atom. The Balaban J connectivity index is 1.65. The molecule has 164 valence electrons. The van der Waals surface area contributed by atoms with E-state index in [9.17, 15) is 19.3 Å². The Morgan fingerprint density at radius 2 is 1.88 bits per heavy atom. The minimum Gasteiger partial charge on any atom is -0.490 e. The first-order chi connectivity index (χ1) is 15.5. The van der Waals surface area contributed by atoms with E-state index in [1.807, 2.05) is 6.92 Å². The molecule has 0 aliphatic rings. The molecule has 0 unspecified atom stereocenters. The summed E-state index contributed by atoms with van der Waals surface area (Å²) in [5.74, 6) is 0.108. The lowest BCUT2D eigenvalue weighted by Gasteiger charge is -2.12. The summed E-state index contributed by atoms with van der Waals surface area (Å²) in [5, 5.41) is 14.7. The molecule has 0 aliphatic carbocycles. The minimum absolute atomic E-state index is 0.121. The van der Waals surface area contributed by atoms with Gasteiger partial charge in [-0.25, -0.2) is 9.82 Å². The lowest BCUT2D eigenvalue weighted by atomic mass is 10.2. The molecule has 32 heavy (non-hydrogen) atoms. The highest BCUT2D eigenvalue weighted by Gasteiger charge is 2.11. The first-order valence-electron chi connectivity index (χ1n) is 9.68. The number of ether oxygens (including phenoxy) is 2. The maximum atomic E-state index is 13.0. The molecule has 0 aromatic heterocycles. The maximum Gasteiger partial charge on any atom is 0.271 e. The van der Waals surface area contributed by atoms with Gasteiger partial charge < -0.3 is 9.47 Å². The van der Waals surface area contributed by atoms with Gasteiger partial charge in [-0.3, -0.25) is 14.9 Å². The summed E-state index contributed by atoms with van der Waals surface area (Å²) in [7, 11) is 0. The highest BCUT2D eigenvalue weighted by atomic mass is 19.1. The van der Waals surface area contributed by atoms with Crippen molar-refractivity contribution in [3.8, 4) is 11.5 Å². The molecule has 0 spiro atoms. The molecule has 0 aliphatic heterocycles. The van der Waals surface area contributed by atoms with Gasteiger partial charge in [-0.1, -0.05) is 18.2 Å². The summed E-state index contributed by atoms with van der Waals surface area (Å²) in [6, 6.07) is 16.5. The van der Waals surface area contributed by atoms with Crippen LogP contribution in [0.15, 0.2) is 71.8 Å². The van der Waals surface area contributed by atoms with E-state index in [1.165, 1.54) is 42.6 Å². The molecule has 0 saturated heterocycles. The van der Waals surface area contributed by atoms with Gasteiger partial charge in [-0.15, -0.1) is 0 Å². The van der Waals surface area contributed by atoms with E-state index in [0.29, 0.717) is 23.7 Å². The number of nitro groups is 1. The summed E-state index contributed by atoms with van der Waals surface area (Å²) in [6.45, 7) is 2.49. The quantitative estimate of drug-likeness (QED) is 0.302. The van der Waals surface area contributed by atoms with Gasteiger partial charge in [0.15, 0.2) is 11.5 Å². The average Bonchev–Trinajstić information content (AvgIpc) is 2.80. The number of halogens is 1. The van der Waals surface area contributed by atoms with Crippen molar-refractivity contribution in [2.24, 2.45) is 5.10 Å². The third-order valence-corrected chi connectivity index (χ3v) is 4.27. The fourth-order valence-electron chi connectivity index (χ4n) is 2.72. The number of carbonyl (C=O) groups is 1. The van der Waals surface area contributed by atoms with Gasteiger partial charge in [-0.2, -0.15) is 5.10 Å². The Hall–Kier alpha value is -4.27. The van der Waals surface area contributed by atoms with E-state index in [-0.39, 0.29) is 23.7 Å². The highest BCUT2D eigenvalue weighted by Crippen LogP contribution is 2.29. The van der Waals surface area contributed by atoms with Crippen LogP contribution in [0.1, 0.15) is 28.4 Å². The van der Waals surface area contributed by atoms with Gasteiger partial charge in [-0.05, 0) is 54.4 Å². The van der Waals surface area contributed by atoms with Crippen LogP contribution in [0, 0.1) is 15.9 Å². The van der Waals surface area contributed by atoms with Gasteiger partial charge in [0, 0.05) is 17.7 Å². The topological polar surface area (TPSA) is 103 Å². The SMILES string of the molecule is CCOc1cc(/C=N/NC(=O)c2cccc([N+](=O)[O-])c2)ccc1OCc1ccc(F)cc1. The molecule has 0 atom stereocenters. The van der Waals surface area contributed by atoms with Gasteiger partial charge in [0.2, 0.25) is 0 Å². The number of hydrogen-bond donors (Lipinski definition) is 1. The molecule has 0 radical (unpaired) electrons. The number of rotatable bonds is 9. The lowest BCUT2D eigenvalue weighted by Crippen LogP contribution is -2.17. The zero-order chi connectivity index (χ0) is 22.9. The van der Waals surface area contributed by atoms with Gasteiger partial charge >= 0.3 is 0 Å². The van der Waals surface area contributed by atoms with E-state index < -0.39 is 10.8 Å². The Bertz CT molecular complexity index is 1130. The monoisotopic (exact) mass is 437 g/mol. The highest BCUT2D eigenvalue weighted by molar-refractivity contribution is 5.95. The van der Waals surface area contributed by atoms with Crippen LogP contribution in [0.5, 0.6) is 11.5 Å². The second-order valence-electron chi connectivity index (χ2n) is 6.56. The normalized spacial score (nSPS) is 10.7. The number of nitrogens with one attached hydrogen (secondary N) is 1. The Labute approximate surface area is 183 Å². The van der Waals surface area contributed by atoms with Crippen molar-refractivity contribution in [2.45, 2.75) is 13.5 Å². The van der Waals surface area contributed by atoms with Crippen LogP contribution in [0.3, 0.4) is 0 Å². The smallest absolute Gasteiger partial charge is 0.271 e. The van der Waals surface area contributed by atoms with Crippen molar-refractivity contribution in [1.82, 2.24) is 5.43 Å². The molecule has 8 nitrogen and oxygen atoms in total. The van der Waals surface area contributed by atoms with E-state index in [0.717, 1.165) is 5.56 Å². The van der Waals surface area contributed by atoms with Crippen LogP contribution in [-0.4, -0.2) is 23.7 Å². The number of amides is 1. The predicted octanol–water partition coefficient (Wildman–Crippen LogP) is 4.48. The summed E-state index contributed by atoms with van der Waals surface area (Å²) < 4.78 is 24.4. The second kappa shape index (κ2) is 10.7. The van der Waals surface area contributed by atoms with E-state index in [4.69, 9.17) is 9.47 Å². The molecule has 1 amide bonds. The Kier molecular flexibility index (Phi) is 7.47. The molecular formula is C23H20FN3O5. The fraction of sp³-hybridized carbons (Fsp3) is 0.130. The first-order valence-corrected chi connectivity index (χ1v) is 9.68. The molecule has 3 rings (SSSR count). The van der Waals surface area contributed by atoms with E-state index in [1.54, 1.807) is 30.3 Å².